The molecule has 0 aliphatic carbocycles. The van der Waals surface area contributed by atoms with Crippen LogP contribution in [0.15, 0.2) is 28.4 Å². The molecule has 82 valence electrons. The zero-order chi connectivity index (χ0) is 11.5. The molecule has 1 heterocycles. The van der Waals surface area contributed by atoms with E-state index in [0.717, 1.165) is 0 Å². The number of hydrogen-bond acceptors (Lipinski definition) is 2. The first kappa shape index (κ1) is 11.6. The molecule has 0 saturated heterocycles. The van der Waals surface area contributed by atoms with E-state index in [1.54, 1.807) is 12.1 Å². The second kappa shape index (κ2) is 4.33. The number of ketones is 1. The van der Waals surface area contributed by atoms with Crippen molar-refractivity contribution < 1.29 is 22.4 Å². The Morgan fingerprint density at radius 3 is 2.67 bits per heavy atom. The van der Waals surface area contributed by atoms with Gasteiger partial charge in [-0.05, 0) is 25.1 Å². The monoisotopic (exact) mass is 218 g/mol. The number of alkyl halides is 3. The zero-order valence-corrected chi connectivity index (χ0v) is 7.97. The van der Waals surface area contributed by atoms with Gasteiger partial charge in [0.2, 0.25) is 5.78 Å². The average Bonchev–Trinajstić information content (AvgIpc) is 2.54. The third-order valence-electron chi connectivity index (χ3n) is 1.69. The van der Waals surface area contributed by atoms with Gasteiger partial charge in [-0.25, -0.2) is 0 Å². The normalized spacial score (nSPS) is 12.9. The minimum absolute atomic E-state index is 0.312. The average molecular weight is 218 g/mol. The van der Waals surface area contributed by atoms with Crippen molar-refractivity contribution in [1.29, 1.82) is 0 Å². The lowest BCUT2D eigenvalue weighted by Gasteiger charge is -2.04. The summed E-state index contributed by atoms with van der Waals surface area (Å²) in [6.45, 7) is 1.45. The summed E-state index contributed by atoms with van der Waals surface area (Å²) in [7, 11) is 0. The topological polar surface area (TPSA) is 30.2 Å². The van der Waals surface area contributed by atoms with E-state index >= 15 is 0 Å². The van der Waals surface area contributed by atoms with E-state index in [1.165, 1.54) is 19.3 Å². The van der Waals surface area contributed by atoms with Crippen LogP contribution in [0.25, 0.3) is 6.08 Å². The first-order chi connectivity index (χ1) is 6.89. The largest absolute Gasteiger partial charge is 0.465 e. The molecule has 0 radical (unpaired) electrons. The van der Waals surface area contributed by atoms with Gasteiger partial charge in [0, 0.05) is 6.42 Å². The van der Waals surface area contributed by atoms with Crippen molar-refractivity contribution in [3.63, 3.8) is 0 Å². The summed E-state index contributed by atoms with van der Waals surface area (Å²) in [6, 6.07) is 3.21. The molecule has 0 unspecified atom stereocenters. The van der Waals surface area contributed by atoms with Gasteiger partial charge in [-0.1, -0.05) is 5.57 Å². The highest BCUT2D eigenvalue weighted by molar-refractivity contribution is 5.86. The van der Waals surface area contributed by atoms with E-state index in [-0.39, 0.29) is 0 Å². The molecule has 0 spiro atoms. The molecule has 0 fully saturated rings. The highest BCUT2D eigenvalue weighted by Gasteiger charge is 2.37. The van der Waals surface area contributed by atoms with Gasteiger partial charge in [0.05, 0.1) is 6.26 Å². The van der Waals surface area contributed by atoms with Gasteiger partial charge in [0.15, 0.2) is 0 Å². The Morgan fingerprint density at radius 2 is 2.20 bits per heavy atom. The van der Waals surface area contributed by atoms with Crippen molar-refractivity contribution in [3.05, 3.63) is 29.7 Å². The van der Waals surface area contributed by atoms with Crippen LogP contribution in [0.1, 0.15) is 19.1 Å². The Labute approximate surface area is 84.4 Å². The van der Waals surface area contributed by atoms with Crippen LogP contribution in [0.5, 0.6) is 0 Å². The van der Waals surface area contributed by atoms with Crippen molar-refractivity contribution in [2.24, 2.45) is 0 Å². The van der Waals surface area contributed by atoms with E-state index in [2.05, 4.69) is 0 Å². The van der Waals surface area contributed by atoms with E-state index < -0.39 is 18.4 Å². The molecule has 0 aromatic carbocycles. The van der Waals surface area contributed by atoms with Gasteiger partial charge in [-0.3, -0.25) is 4.79 Å². The molecule has 15 heavy (non-hydrogen) atoms. The number of halogens is 3. The molecule has 0 saturated carbocycles. The Hall–Kier alpha value is -1.52. The number of allylic oxidation sites excluding steroid dienone is 1. The highest BCUT2D eigenvalue weighted by atomic mass is 19.4. The Bertz CT molecular complexity index is 361. The van der Waals surface area contributed by atoms with Gasteiger partial charge >= 0.3 is 6.18 Å². The summed E-state index contributed by atoms with van der Waals surface area (Å²) in [5.74, 6) is -1.31. The van der Waals surface area contributed by atoms with Crippen molar-refractivity contribution in [2.75, 3.05) is 0 Å². The number of rotatable bonds is 3. The second-order valence-corrected chi connectivity index (χ2v) is 3.10. The predicted octanol–water partition coefficient (Wildman–Crippen LogP) is 3.20. The maximum atomic E-state index is 11.9. The number of Topliss-reactive ketones (excluding diaryl/α,β-unsaturated/α-hetero) is 1. The van der Waals surface area contributed by atoms with E-state index in [4.69, 9.17) is 4.42 Å². The summed E-state index contributed by atoms with van der Waals surface area (Å²) < 4.78 is 40.6. The van der Waals surface area contributed by atoms with Gasteiger partial charge in [-0.2, -0.15) is 13.2 Å². The maximum Gasteiger partial charge on any atom is 0.450 e. The minimum atomic E-state index is -4.77. The third-order valence-corrected chi connectivity index (χ3v) is 1.69. The molecule has 1 aromatic rings. The summed E-state index contributed by atoms with van der Waals surface area (Å²) in [4.78, 5) is 10.6. The molecule has 1 rings (SSSR count). The minimum Gasteiger partial charge on any atom is -0.465 e. The lowest BCUT2D eigenvalue weighted by molar-refractivity contribution is -0.170. The molecule has 0 aliphatic rings. The Balaban J connectivity index is 2.64. The van der Waals surface area contributed by atoms with Crippen LogP contribution in [-0.4, -0.2) is 12.0 Å². The lowest BCUT2D eigenvalue weighted by Crippen LogP contribution is -2.22. The van der Waals surface area contributed by atoms with Gasteiger partial charge < -0.3 is 4.42 Å². The summed E-state index contributed by atoms with van der Waals surface area (Å²) in [5, 5.41) is 0. The molecule has 0 aliphatic heterocycles. The Morgan fingerprint density at radius 1 is 1.53 bits per heavy atom. The predicted molar refractivity (Wildman–Crippen MR) is 48.0 cm³/mol. The lowest BCUT2D eigenvalue weighted by atomic mass is 10.1. The number of carbonyl (C=O) groups is 1. The molecule has 2 nitrogen and oxygen atoms in total. The molecule has 5 heteroatoms. The third kappa shape index (κ3) is 3.61. The molecular weight excluding hydrogens is 209 g/mol. The van der Waals surface area contributed by atoms with Crippen molar-refractivity contribution in [1.82, 2.24) is 0 Å². The van der Waals surface area contributed by atoms with Gasteiger partial charge in [0.25, 0.3) is 0 Å². The first-order valence-corrected chi connectivity index (χ1v) is 4.20. The van der Waals surface area contributed by atoms with Crippen LogP contribution in [0.3, 0.4) is 0 Å². The number of hydrogen-bond donors (Lipinski definition) is 0. The van der Waals surface area contributed by atoms with Crippen LogP contribution in [0.4, 0.5) is 13.2 Å². The van der Waals surface area contributed by atoms with Crippen LogP contribution in [0, 0.1) is 0 Å². The molecule has 0 amide bonds. The fourth-order valence-electron chi connectivity index (χ4n) is 1.02. The fourth-order valence-corrected chi connectivity index (χ4v) is 1.02. The summed E-state index contributed by atoms with van der Waals surface area (Å²) in [6.07, 6.45) is -2.59. The van der Waals surface area contributed by atoms with Gasteiger partial charge in [-0.15, -0.1) is 0 Å². The molecule has 0 atom stereocenters. The SMILES string of the molecule is C/C(=C\c1ccco1)CC(=O)C(F)(F)F. The highest BCUT2D eigenvalue weighted by Crippen LogP contribution is 2.21. The van der Waals surface area contributed by atoms with Crippen molar-refractivity contribution in [3.8, 4) is 0 Å². The standard InChI is InChI=1S/C10H9F3O2/c1-7(5-8-3-2-4-15-8)6-9(14)10(11,12)13/h2-5H,6H2,1H3/b7-5+. The Kier molecular flexibility index (Phi) is 3.34. The fraction of sp³-hybridized carbons (Fsp3) is 0.300. The number of carbonyl (C=O) groups excluding carboxylic acids is 1. The van der Waals surface area contributed by atoms with E-state index in [9.17, 15) is 18.0 Å². The second-order valence-electron chi connectivity index (χ2n) is 3.10. The smallest absolute Gasteiger partial charge is 0.450 e. The summed E-state index contributed by atoms with van der Waals surface area (Å²) >= 11 is 0. The molecular formula is C10H9F3O2. The van der Waals surface area contributed by atoms with Gasteiger partial charge in [0.1, 0.15) is 5.76 Å². The van der Waals surface area contributed by atoms with Crippen molar-refractivity contribution >= 4 is 11.9 Å². The van der Waals surface area contributed by atoms with Crippen LogP contribution in [0.2, 0.25) is 0 Å². The molecule has 1 aromatic heterocycles. The van der Waals surface area contributed by atoms with Crippen LogP contribution < -0.4 is 0 Å². The molecule has 0 N–H and O–H groups in total. The maximum absolute atomic E-state index is 11.9. The molecule has 0 bridgehead atoms. The van der Waals surface area contributed by atoms with E-state index in [0.29, 0.717) is 11.3 Å². The number of furan rings is 1. The van der Waals surface area contributed by atoms with E-state index in [1.807, 2.05) is 0 Å². The first-order valence-electron chi connectivity index (χ1n) is 4.20. The van der Waals surface area contributed by atoms with Crippen LogP contribution in [-0.2, 0) is 4.79 Å². The van der Waals surface area contributed by atoms with Crippen molar-refractivity contribution in [2.45, 2.75) is 19.5 Å². The van der Waals surface area contributed by atoms with Crippen LogP contribution >= 0.6 is 0 Å². The summed E-state index contributed by atoms with van der Waals surface area (Å²) in [5.41, 5.74) is 0.312. The zero-order valence-electron chi connectivity index (χ0n) is 7.97. The quantitative estimate of drug-likeness (QED) is 0.779.